The van der Waals surface area contributed by atoms with Gasteiger partial charge in [-0.3, -0.25) is 0 Å². The minimum absolute atomic E-state index is 0.111. The molecule has 0 N–H and O–H groups in total. The smallest absolute Gasteiger partial charge is 0.228 e. The van der Waals surface area contributed by atoms with E-state index < -0.39 is 0 Å². The Labute approximate surface area is 212 Å². The van der Waals surface area contributed by atoms with E-state index in [-0.39, 0.29) is 12.5 Å². The van der Waals surface area contributed by atoms with Gasteiger partial charge < -0.3 is 14.2 Å². The summed E-state index contributed by atoms with van der Waals surface area (Å²) in [6.07, 6.45) is 1.65. The van der Waals surface area contributed by atoms with E-state index in [9.17, 15) is 0 Å². The molecule has 0 unspecified atom stereocenters. The highest BCUT2D eigenvalue weighted by atomic mass is 16.5. The molecular weight excluding hydrogens is 464 g/mol. The Morgan fingerprint density at radius 3 is 2.49 bits per heavy atom. The molecule has 2 aromatic heterocycles. The molecule has 1 aliphatic rings. The van der Waals surface area contributed by atoms with Crippen LogP contribution in [0.1, 0.15) is 28.4 Å². The Kier molecular flexibility index (Phi) is 4.99. The van der Waals surface area contributed by atoms with Crippen LogP contribution in [0.15, 0.2) is 97.3 Å². The predicted octanol–water partition coefficient (Wildman–Crippen LogP) is 6.15. The van der Waals surface area contributed by atoms with E-state index >= 15 is 0 Å². The zero-order valence-corrected chi connectivity index (χ0v) is 20.0. The molecule has 37 heavy (non-hydrogen) atoms. The molecule has 0 fully saturated rings. The highest BCUT2D eigenvalue weighted by Crippen LogP contribution is 2.50. The number of rotatable bonds is 5. The van der Waals surface area contributed by atoms with E-state index in [1.165, 1.54) is 0 Å². The number of benzene rings is 4. The van der Waals surface area contributed by atoms with Crippen molar-refractivity contribution in [1.82, 2.24) is 19.6 Å². The van der Waals surface area contributed by atoms with Crippen molar-refractivity contribution >= 4 is 16.4 Å². The van der Waals surface area contributed by atoms with E-state index in [0.717, 1.165) is 39.0 Å². The van der Waals surface area contributed by atoms with Crippen LogP contribution < -0.4 is 14.2 Å². The molecule has 0 saturated heterocycles. The third-order valence-corrected chi connectivity index (χ3v) is 6.70. The summed E-state index contributed by atoms with van der Waals surface area (Å²) >= 11 is 0. The van der Waals surface area contributed by atoms with Crippen molar-refractivity contribution < 1.29 is 14.2 Å². The van der Waals surface area contributed by atoms with Gasteiger partial charge in [-0.05, 0) is 35.2 Å². The van der Waals surface area contributed by atoms with Gasteiger partial charge in [-0.2, -0.15) is 0 Å². The van der Waals surface area contributed by atoms with E-state index in [4.69, 9.17) is 19.2 Å². The molecule has 180 valence electrons. The number of fused-ring (bicyclic) bond motifs is 6. The molecule has 7 rings (SSSR count). The van der Waals surface area contributed by atoms with Gasteiger partial charge in [0.25, 0.3) is 0 Å². The maximum Gasteiger partial charge on any atom is 0.228 e. The van der Waals surface area contributed by atoms with Gasteiger partial charge in [0.05, 0.1) is 12.7 Å². The topological polar surface area (TPSA) is 70.8 Å². The normalized spacial score (nSPS) is 14.1. The maximum atomic E-state index is 6.48. The van der Waals surface area contributed by atoms with Gasteiger partial charge in [-0.1, -0.05) is 66.7 Å². The molecule has 3 heterocycles. The summed E-state index contributed by atoms with van der Waals surface area (Å²) in [6, 6.07) is 30.4. The number of aromatic nitrogens is 4. The van der Waals surface area contributed by atoms with Gasteiger partial charge in [-0.25, -0.2) is 14.5 Å². The highest BCUT2D eigenvalue weighted by molar-refractivity contribution is 5.91. The first-order chi connectivity index (χ1) is 18.3. The van der Waals surface area contributed by atoms with Crippen LogP contribution in [0.4, 0.5) is 0 Å². The van der Waals surface area contributed by atoms with E-state index in [1.54, 1.807) is 18.0 Å². The van der Waals surface area contributed by atoms with Crippen molar-refractivity contribution in [3.63, 3.8) is 0 Å². The molecule has 0 aliphatic carbocycles. The van der Waals surface area contributed by atoms with Gasteiger partial charge in [0.1, 0.15) is 30.2 Å². The van der Waals surface area contributed by atoms with Gasteiger partial charge in [-0.15, -0.1) is 5.10 Å². The molecule has 1 atom stereocenters. The second kappa shape index (κ2) is 8.64. The fourth-order valence-corrected chi connectivity index (χ4v) is 4.96. The standard InChI is InChI=1S/C30H22N4O3/c1-35-21-12-14-22(15-13-21)36-17-25-32-29-27-26(20-8-3-2-4-9-20)24-16-11-19-7-5-6-10-23(19)28(24)37-30(27)31-18-34(29)33-25/h2-16,18,26H,17H2,1H3/t26-/m0/s1. The summed E-state index contributed by atoms with van der Waals surface area (Å²) in [5, 5.41) is 6.82. The summed E-state index contributed by atoms with van der Waals surface area (Å²) in [5.74, 6) is 3.31. The lowest BCUT2D eigenvalue weighted by Gasteiger charge is -2.28. The van der Waals surface area contributed by atoms with Crippen molar-refractivity contribution in [2.75, 3.05) is 7.11 Å². The van der Waals surface area contributed by atoms with E-state index in [1.807, 2.05) is 42.5 Å². The number of nitrogens with zero attached hydrogens (tertiary/aromatic N) is 4. The predicted molar refractivity (Wildman–Crippen MR) is 140 cm³/mol. The van der Waals surface area contributed by atoms with Crippen LogP contribution in [0, 0.1) is 0 Å². The van der Waals surface area contributed by atoms with Crippen molar-refractivity contribution in [2.24, 2.45) is 0 Å². The molecule has 4 aromatic carbocycles. The SMILES string of the molecule is COc1ccc(OCc2nc3c4c(ncn3n2)Oc2c(ccc3ccccc23)[C@@H]4c2ccccc2)cc1. The molecule has 0 spiro atoms. The van der Waals surface area contributed by atoms with Crippen molar-refractivity contribution in [1.29, 1.82) is 0 Å². The second-order valence-electron chi connectivity index (χ2n) is 8.87. The van der Waals surface area contributed by atoms with E-state index in [0.29, 0.717) is 23.1 Å². The van der Waals surface area contributed by atoms with Gasteiger partial charge in [0.15, 0.2) is 11.5 Å². The van der Waals surface area contributed by atoms with Crippen molar-refractivity contribution in [3.05, 3.63) is 120 Å². The van der Waals surface area contributed by atoms with Crippen LogP contribution in [0.3, 0.4) is 0 Å². The lowest BCUT2D eigenvalue weighted by atomic mass is 9.83. The maximum absolute atomic E-state index is 6.48. The van der Waals surface area contributed by atoms with Crippen LogP contribution in [-0.2, 0) is 6.61 Å². The third-order valence-electron chi connectivity index (χ3n) is 6.70. The molecule has 0 radical (unpaired) electrons. The monoisotopic (exact) mass is 486 g/mol. The van der Waals surface area contributed by atoms with Crippen LogP contribution >= 0.6 is 0 Å². The van der Waals surface area contributed by atoms with Crippen LogP contribution in [0.25, 0.3) is 16.4 Å². The first-order valence-electron chi connectivity index (χ1n) is 12.0. The number of methoxy groups -OCH3 is 1. The Morgan fingerprint density at radius 2 is 1.65 bits per heavy atom. The minimum atomic E-state index is -0.111. The highest BCUT2D eigenvalue weighted by Gasteiger charge is 2.34. The number of ether oxygens (including phenoxy) is 3. The summed E-state index contributed by atoms with van der Waals surface area (Å²) in [4.78, 5) is 9.53. The van der Waals surface area contributed by atoms with Crippen LogP contribution in [-0.4, -0.2) is 26.7 Å². The molecule has 7 nitrogen and oxygen atoms in total. The Balaban J connectivity index is 1.34. The first-order valence-corrected chi connectivity index (χ1v) is 12.0. The average molecular weight is 487 g/mol. The Bertz CT molecular complexity index is 1750. The molecular formula is C30H22N4O3. The second-order valence-corrected chi connectivity index (χ2v) is 8.87. The largest absolute Gasteiger partial charge is 0.497 e. The van der Waals surface area contributed by atoms with E-state index in [2.05, 4.69) is 58.6 Å². The number of hydrogen-bond acceptors (Lipinski definition) is 6. The third kappa shape index (κ3) is 3.63. The summed E-state index contributed by atoms with van der Waals surface area (Å²) in [6.45, 7) is 0.223. The first kappa shape index (κ1) is 21.4. The summed E-state index contributed by atoms with van der Waals surface area (Å²) in [5.41, 5.74) is 3.80. The fraction of sp³-hybridized carbons (Fsp3) is 0.100. The molecule has 7 heteroatoms. The van der Waals surface area contributed by atoms with Gasteiger partial charge in [0.2, 0.25) is 5.88 Å². The van der Waals surface area contributed by atoms with Crippen molar-refractivity contribution in [2.45, 2.75) is 12.5 Å². The van der Waals surface area contributed by atoms with Gasteiger partial charge in [0, 0.05) is 16.9 Å². The molecule has 0 bridgehead atoms. The quantitative estimate of drug-likeness (QED) is 0.291. The molecule has 0 saturated carbocycles. The minimum Gasteiger partial charge on any atom is -0.497 e. The summed E-state index contributed by atoms with van der Waals surface area (Å²) in [7, 11) is 1.64. The summed E-state index contributed by atoms with van der Waals surface area (Å²) < 4.78 is 19.3. The zero-order chi connectivity index (χ0) is 24.8. The van der Waals surface area contributed by atoms with Crippen molar-refractivity contribution in [3.8, 4) is 23.1 Å². The lowest BCUT2D eigenvalue weighted by Crippen LogP contribution is -2.15. The lowest BCUT2D eigenvalue weighted by molar-refractivity contribution is 0.295. The van der Waals surface area contributed by atoms with Crippen LogP contribution in [0.5, 0.6) is 23.1 Å². The molecule has 1 aliphatic heterocycles. The average Bonchev–Trinajstić information content (AvgIpc) is 3.39. The van der Waals surface area contributed by atoms with Gasteiger partial charge >= 0.3 is 0 Å². The molecule has 6 aromatic rings. The fourth-order valence-electron chi connectivity index (χ4n) is 4.96. The Hall–Kier alpha value is -4.91. The van der Waals surface area contributed by atoms with Crippen LogP contribution in [0.2, 0.25) is 0 Å². The number of hydrogen-bond donors (Lipinski definition) is 0. The molecule has 0 amide bonds. The zero-order valence-electron chi connectivity index (χ0n) is 20.0. The Morgan fingerprint density at radius 1 is 0.865 bits per heavy atom.